The topological polar surface area (TPSA) is 101 Å². The summed E-state index contributed by atoms with van der Waals surface area (Å²) in [6, 6.07) is 13.3. The van der Waals surface area contributed by atoms with Gasteiger partial charge in [0.15, 0.2) is 6.61 Å². The van der Waals surface area contributed by atoms with Crippen LogP contribution >= 0.6 is 0 Å². The number of fused-ring (bicyclic) bond motifs is 1. The molecular weight excluding hydrogens is 444 g/mol. The first-order chi connectivity index (χ1) is 16.8. The molecule has 2 aromatic carbocycles. The van der Waals surface area contributed by atoms with E-state index in [2.05, 4.69) is 15.5 Å². The Morgan fingerprint density at radius 3 is 2.37 bits per heavy atom. The largest absolute Gasteiger partial charge is 0.452 e. The number of aromatic nitrogens is 1. The third-order valence-electron chi connectivity index (χ3n) is 6.05. The average Bonchev–Trinajstić information content (AvgIpc) is 3.37. The number of nitrogens with one attached hydrogen (secondary N) is 2. The van der Waals surface area contributed by atoms with Crippen LogP contribution in [0.4, 0.5) is 11.5 Å². The highest BCUT2D eigenvalue weighted by atomic mass is 16.5. The maximum atomic E-state index is 12.9. The van der Waals surface area contributed by atoms with E-state index in [0.717, 1.165) is 59.2 Å². The van der Waals surface area contributed by atoms with E-state index in [1.54, 1.807) is 6.07 Å². The number of anilines is 2. The molecule has 182 valence electrons. The Hall–Kier alpha value is -3.94. The Bertz CT molecular complexity index is 1260. The van der Waals surface area contributed by atoms with Crippen molar-refractivity contribution in [3.05, 3.63) is 64.7 Å². The summed E-state index contributed by atoms with van der Waals surface area (Å²) in [6.45, 7) is 6.77. The molecule has 0 aliphatic carbocycles. The minimum absolute atomic E-state index is 0.223. The second kappa shape index (κ2) is 10.5. The maximum absolute atomic E-state index is 12.9. The molecule has 0 bridgehead atoms. The van der Waals surface area contributed by atoms with Crippen LogP contribution in [0.25, 0.3) is 10.9 Å². The number of esters is 1. The molecule has 2 N–H and O–H groups in total. The number of hydrogen-bond acceptors (Lipinski definition) is 6. The fourth-order valence-corrected chi connectivity index (χ4v) is 4.43. The van der Waals surface area contributed by atoms with Gasteiger partial charge in [0, 0.05) is 24.2 Å². The number of rotatable bonds is 7. The number of benzene rings is 2. The van der Waals surface area contributed by atoms with Gasteiger partial charge in [-0.05, 0) is 56.9 Å². The van der Waals surface area contributed by atoms with Gasteiger partial charge in [0.25, 0.3) is 5.91 Å². The standard InChI is InChI=1S/C27H30N4O4/c1-17-12-18(2)25(19(3)13-17)30-23(32)15-28-24(33)16-35-27(34)21-14-20-8-4-5-9-22(20)29-26(21)31-10-6-7-11-31/h4-5,8-9,12-14H,6-7,10-11,15-16H2,1-3H3,(H,28,33)(H,30,32). The molecule has 2 amide bonds. The van der Waals surface area contributed by atoms with Gasteiger partial charge in [-0.3, -0.25) is 9.59 Å². The van der Waals surface area contributed by atoms with E-state index in [9.17, 15) is 14.4 Å². The van der Waals surface area contributed by atoms with Crippen molar-refractivity contribution in [3.8, 4) is 0 Å². The molecule has 0 saturated carbocycles. The van der Waals surface area contributed by atoms with Crippen molar-refractivity contribution >= 4 is 40.2 Å². The number of carbonyl (C=O) groups is 3. The molecule has 4 rings (SSSR count). The number of amides is 2. The summed E-state index contributed by atoms with van der Waals surface area (Å²) in [5.74, 6) is -0.942. The van der Waals surface area contributed by atoms with Crippen LogP contribution in [0, 0.1) is 20.8 Å². The summed E-state index contributed by atoms with van der Waals surface area (Å²) in [5.41, 5.74) is 4.89. The zero-order valence-corrected chi connectivity index (χ0v) is 20.3. The van der Waals surface area contributed by atoms with E-state index >= 15 is 0 Å². The smallest absolute Gasteiger partial charge is 0.342 e. The fraction of sp³-hybridized carbons (Fsp3) is 0.333. The Morgan fingerprint density at radius 2 is 1.66 bits per heavy atom. The zero-order valence-electron chi connectivity index (χ0n) is 20.3. The number of aryl methyl sites for hydroxylation is 3. The lowest BCUT2D eigenvalue weighted by Crippen LogP contribution is -2.36. The van der Waals surface area contributed by atoms with E-state index in [4.69, 9.17) is 9.72 Å². The van der Waals surface area contributed by atoms with Crippen molar-refractivity contribution in [2.45, 2.75) is 33.6 Å². The number of nitrogens with zero attached hydrogens (tertiary/aromatic N) is 2. The van der Waals surface area contributed by atoms with E-state index in [-0.39, 0.29) is 12.5 Å². The molecule has 0 unspecified atom stereocenters. The summed E-state index contributed by atoms with van der Waals surface area (Å²) < 4.78 is 5.29. The normalized spacial score (nSPS) is 13.1. The molecule has 35 heavy (non-hydrogen) atoms. The zero-order chi connectivity index (χ0) is 24.9. The highest BCUT2D eigenvalue weighted by Crippen LogP contribution is 2.27. The van der Waals surface area contributed by atoms with Gasteiger partial charge < -0.3 is 20.3 Å². The molecule has 8 nitrogen and oxygen atoms in total. The quantitative estimate of drug-likeness (QED) is 0.507. The average molecular weight is 475 g/mol. The number of para-hydroxylation sites is 1. The van der Waals surface area contributed by atoms with E-state index in [1.807, 2.05) is 57.2 Å². The molecule has 1 aliphatic rings. The lowest BCUT2D eigenvalue weighted by molar-refractivity contribution is -0.126. The van der Waals surface area contributed by atoms with E-state index < -0.39 is 18.5 Å². The molecule has 2 heterocycles. The third-order valence-corrected chi connectivity index (χ3v) is 6.05. The Morgan fingerprint density at radius 1 is 0.971 bits per heavy atom. The van der Waals surface area contributed by atoms with Gasteiger partial charge in [-0.15, -0.1) is 0 Å². The van der Waals surface area contributed by atoms with Crippen molar-refractivity contribution in [1.29, 1.82) is 0 Å². The first-order valence-electron chi connectivity index (χ1n) is 11.8. The summed E-state index contributed by atoms with van der Waals surface area (Å²) in [6.07, 6.45) is 2.07. The molecule has 3 aromatic rings. The van der Waals surface area contributed by atoms with Crippen LogP contribution in [-0.4, -0.2) is 49.0 Å². The molecule has 8 heteroatoms. The van der Waals surface area contributed by atoms with Gasteiger partial charge in [-0.1, -0.05) is 35.9 Å². The number of pyridine rings is 1. The third kappa shape index (κ3) is 5.77. The molecule has 1 fully saturated rings. The summed E-state index contributed by atoms with van der Waals surface area (Å²) in [4.78, 5) is 44.3. The van der Waals surface area contributed by atoms with Gasteiger partial charge in [-0.2, -0.15) is 0 Å². The summed E-state index contributed by atoms with van der Waals surface area (Å²) in [7, 11) is 0. The highest BCUT2D eigenvalue weighted by molar-refractivity contribution is 6.00. The van der Waals surface area contributed by atoms with Crippen LogP contribution in [0.1, 0.15) is 39.9 Å². The number of carbonyl (C=O) groups excluding carboxylic acids is 3. The minimum Gasteiger partial charge on any atom is -0.452 e. The molecule has 0 radical (unpaired) electrons. The predicted octanol–water partition coefficient (Wildman–Crippen LogP) is 3.67. The van der Waals surface area contributed by atoms with Gasteiger partial charge in [-0.25, -0.2) is 9.78 Å². The van der Waals surface area contributed by atoms with Crippen LogP contribution in [-0.2, 0) is 14.3 Å². The molecule has 1 saturated heterocycles. The fourth-order valence-electron chi connectivity index (χ4n) is 4.43. The minimum atomic E-state index is -0.615. The number of ether oxygens (including phenoxy) is 1. The molecular formula is C27H30N4O4. The Kier molecular flexibility index (Phi) is 7.29. The molecule has 1 aromatic heterocycles. The van der Waals surface area contributed by atoms with E-state index in [0.29, 0.717) is 11.4 Å². The van der Waals surface area contributed by atoms with Crippen molar-refractivity contribution in [2.24, 2.45) is 0 Å². The van der Waals surface area contributed by atoms with Gasteiger partial charge >= 0.3 is 5.97 Å². The van der Waals surface area contributed by atoms with Gasteiger partial charge in [0.05, 0.1) is 12.1 Å². The summed E-state index contributed by atoms with van der Waals surface area (Å²) in [5, 5.41) is 6.16. The number of hydrogen-bond donors (Lipinski definition) is 2. The second-order valence-electron chi connectivity index (χ2n) is 8.92. The van der Waals surface area contributed by atoms with Gasteiger partial charge in [0.2, 0.25) is 5.91 Å². The van der Waals surface area contributed by atoms with Crippen LogP contribution in [0.5, 0.6) is 0 Å². The van der Waals surface area contributed by atoms with Crippen LogP contribution < -0.4 is 15.5 Å². The van der Waals surface area contributed by atoms with Crippen molar-refractivity contribution < 1.29 is 19.1 Å². The molecule has 0 spiro atoms. The summed E-state index contributed by atoms with van der Waals surface area (Å²) >= 11 is 0. The van der Waals surface area contributed by atoms with E-state index in [1.165, 1.54) is 0 Å². The Labute approximate surface area is 204 Å². The first-order valence-corrected chi connectivity index (χ1v) is 11.8. The van der Waals surface area contributed by atoms with Crippen molar-refractivity contribution in [2.75, 3.05) is 36.5 Å². The van der Waals surface area contributed by atoms with Gasteiger partial charge in [0.1, 0.15) is 11.4 Å². The first kappa shape index (κ1) is 24.2. The van der Waals surface area contributed by atoms with Crippen molar-refractivity contribution in [3.63, 3.8) is 0 Å². The predicted molar refractivity (Wildman–Crippen MR) is 136 cm³/mol. The SMILES string of the molecule is Cc1cc(C)c(NC(=O)CNC(=O)COC(=O)c2cc3ccccc3nc2N2CCCC2)c(C)c1. The molecule has 1 aliphatic heterocycles. The monoisotopic (exact) mass is 474 g/mol. The lowest BCUT2D eigenvalue weighted by atomic mass is 10.1. The lowest BCUT2D eigenvalue weighted by Gasteiger charge is -2.20. The Balaban J connectivity index is 1.36. The van der Waals surface area contributed by atoms with Crippen LogP contribution in [0.15, 0.2) is 42.5 Å². The highest BCUT2D eigenvalue weighted by Gasteiger charge is 2.23. The van der Waals surface area contributed by atoms with Crippen LogP contribution in [0.3, 0.4) is 0 Å². The molecule has 0 atom stereocenters. The van der Waals surface area contributed by atoms with Crippen molar-refractivity contribution in [1.82, 2.24) is 10.3 Å². The second-order valence-corrected chi connectivity index (χ2v) is 8.92. The van der Waals surface area contributed by atoms with Crippen LogP contribution in [0.2, 0.25) is 0 Å². The maximum Gasteiger partial charge on any atom is 0.342 e.